The summed E-state index contributed by atoms with van der Waals surface area (Å²) in [7, 11) is 1.63. The first-order chi connectivity index (χ1) is 15.7. The van der Waals surface area contributed by atoms with E-state index in [9.17, 15) is 4.79 Å². The van der Waals surface area contributed by atoms with Gasteiger partial charge in [0.05, 0.1) is 30.5 Å². The normalized spacial score (nSPS) is 15.8. The minimum atomic E-state index is -0.101. The first-order valence-electron chi connectivity index (χ1n) is 10.7. The van der Waals surface area contributed by atoms with Gasteiger partial charge in [-0.05, 0) is 36.8 Å². The second kappa shape index (κ2) is 9.32. The van der Waals surface area contributed by atoms with Gasteiger partial charge in [0.1, 0.15) is 5.75 Å². The molecule has 0 aliphatic carbocycles. The van der Waals surface area contributed by atoms with E-state index in [0.29, 0.717) is 28.7 Å². The highest BCUT2D eigenvalue weighted by atomic mass is 32.1. The summed E-state index contributed by atoms with van der Waals surface area (Å²) >= 11 is 1.51. The molecule has 0 N–H and O–H groups in total. The third-order valence-electron chi connectivity index (χ3n) is 5.64. The smallest absolute Gasteiger partial charge is 0.260 e. The average molecular weight is 456 g/mol. The molecule has 2 aliphatic heterocycles. The number of anilines is 1. The van der Waals surface area contributed by atoms with Crippen molar-refractivity contribution in [1.29, 1.82) is 0 Å². The first-order valence-corrected chi connectivity index (χ1v) is 11.5. The summed E-state index contributed by atoms with van der Waals surface area (Å²) in [5, 5.41) is 0.679. The van der Waals surface area contributed by atoms with Gasteiger partial charge >= 0.3 is 0 Å². The zero-order valence-corrected chi connectivity index (χ0v) is 18.7. The summed E-state index contributed by atoms with van der Waals surface area (Å²) in [4.78, 5) is 22.5. The van der Waals surface area contributed by atoms with Crippen molar-refractivity contribution in [3.8, 4) is 17.2 Å². The van der Waals surface area contributed by atoms with Gasteiger partial charge in [-0.2, -0.15) is 0 Å². The molecule has 0 bridgehead atoms. The van der Waals surface area contributed by atoms with Crippen molar-refractivity contribution in [3.63, 3.8) is 0 Å². The summed E-state index contributed by atoms with van der Waals surface area (Å²) in [5.41, 5.74) is 1.37. The molecular weight excluding hydrogens is 430 g/mol. The van der Waals surface area contributed by atoms with E-state index < -0.39 is 0 Å². The van der Waals surface area contributed by atoms with Gasteiger partial charge in [-0.25, -0.2) is 4.98 Å². The topological polar surface area (TPSA) is 73.4 Å². The predicted molar refractivity (Wildman–Crippen MR) is 122 cm³/mol. The van der Waals surface area contributed by atoms with E-state index in [-0.39, 0.29) is 12.7 Å². The third kappa shape index (κ3) is 4.36. The summed E-state index contributed by atoms with van der Waals surface area (Å²) < 4.78 is 22.6. The Kier molecular flexibility index (Phi) is 6.11. The fourth-order valence-corrected chi connectivity index (χ4v) is 4.85. The Morgan fingerprint density at radius 2 is 2.00 bits per heavy atom. The molecule has 168 valence electrons. The first kappa shape index (κ1) is 21.0. The van der Waals surface area contributed by atoms with Crippen molar-refractivity contribution in [2.24, 2.45) is 0 Å². The quantitative estimate of drug-likeness (QED) is 0.541. The van der Waals surface area contributed by atoms with Crippen LogP contribution in [0.15, 0.2) is 36.4 Å². The summed E-state index contributed by atoms with van der Waals surface area (Å²) in [6.45, 7) is 5.04. The highest BCUT2D eigenvalue weighted by Crippen LogP contribution is 2.35. The molecule has 3 aromatic rings. The Labute approximate surface area is 190 Å². The zero-order valence-electron chi connectivity index (χ0n) is 17.9. The largest absolute Gasteiger partial charge is 0.497 e. The molecule has 32 heavy (non-hydrogen) atoms. The van der Waals surface area contributed by atoms with Crippen LogP contribution in [0.2, 0.25) is 0 Å². The van der Waals surface area contributed by atoms with Crippen molar-refractivity contribution in [2.45, 2.75) is 6.42 Å². The van der Waals surface area contributed by atoms with Gasteiger partial charge in [-0.3, -0.25) is 14.6 Å². The highest BCUT2D eigenvalue weighted by Gasteiger charge is 2.24. The number of aromatic nitrogens is 1. The maximum absolute atomic E-state index is 13.6. The van der Waals surface area contributed by atoms with E-state index in [1.165, 1.54) is 11.3 Å². The number of carbonyl (C=O) groups is 1. The number of methoxy groups -OCH3 is 1. The number of thiazole rings is 1. The molecule has 2 aliphatic rings. The third-order valence-corrected chi connectivity index (χ3v) is 6.70. The number of fused-ring (bicyclic) bond motifs is 2. The predicted octanol–water partition coefficient (Wildman–Crippen LogP) is 3.40. The van der Waals surface area contributed by atoms with Crippen LogP contribution < -0.4 is 19.1 Å². The number of benzene rings is 2. The maximum atomic E-state index is 13.6. The molecule has 3 heterocycles. The Morgan fingerprint density at radius 3 is 2.84 bits per heavy atom. The number of amides is 1. The monoisotopic (exact) mass is 455 g/mol. The highest BCUT2D eigenvalue weighted by molar-refractivity contribution is 7.22. The fraction of sp³-hybridized carbons (Fsp3) is 0.391. The Morgan fingerprint density at radius 1 is 1.16 bits per heavy atom. The Bertz CT molecular complexity index is 1110. The van der Waals surface area contributed by atoms with Crippen LogP contribution in [0.3, 0.4) is 0 Å². The van der Waals surface area contributed by atoms with Crippen LogP contribution in [0, 0.1) is 0 Å². The molecule has 0 saturated carbocycles. The van der Waals surface area contributed by atoms with Crippen LogP contribution in [0.5, 0.6) is 17.2 Å². The fourth-order valence-electron chi connectivity index (χ4n) is 3.88. The molecule has 0 radical (unpaired) electrons. The molecule has 1 fully saturated rings. The van der Waals surface area contributed by atoms with E-state index in [0.717, 1.165) is 55.2 Å². The number of hydrogen-bond donors (Lipinski definition) is 0. The number of hydrogen-bond acceptors (Lipinski definition) is 8. The van der Waals surface area contributed by atoms with Gasteiger partial charge in [-0.15, -0.1) is 0 Å². The number of morpholine rings is 1. The summed E-state index contributed by atoms with van der Waals surface area (Å²) in [6.07, 6.45) is 0.843. The Balaban J connectivity index is 1.40. The van der Waals surface area contributed by atoms with E-state index in [2.05, 4.69) is 4.90 Å². The SMILES string of the molecule is COc1ccc2sc(N(CCCN3CCOCC3)C(=O)c3ccc4c(c3)OCO4)nc2c1. The molecule has 8 nitrogen and oxygen atoms in total. The van der Waals surface area contributed by atoms with Crippen molar-refractivity contribution < 1.29 is 23.7 Å². The lowest BCUT2D eigenvalue weighted by atomic mass is 10.1. The number of rotatable bonds is 7. The molecular formula is C23H25N3O5S. The van der Waals surface area contributed by atoms with Gasteiger partial charge in [-0.1, -0.05) is 11.3 Å². The molecule has 0 spiro atoms. The van der Waals surface area contributed by atoms with Gasteiger partial charge < -0.3 is 18.9 Å². The summed E-state index contributed by atoms with van der Waals surface area (Å²) in [5.74, 6) is 1.90. The van der Waals surface area contributed by atoms with E-state index >= 15 is 0 Å². The summed E-state index contributed by atoms with van der Waals surface area (Å²) in [6, 6.07) is 11.1. The second-order valence-corrected chi connectivity index (χ2v) is 8.67. The van der Waals surface area contributed by atoms with E-state index in [1.54, 1.807) is 30.2 Å². The standard InChI is InChI=1S/C23H25N3O5S/c1-28-17-4-6-21-18(14-17)24-23(32-21)26(8-2-7-25-9-11-29-12-10-25)22(27)16-3-5-19-20(13-16)31-15-30-19/h3-6,13-14H,2,7-12,15H2,1H3. The lowest BCUT2D eigenvalue weighted by Gasteiger charge is -2.27. The maximum Gasteiger partial charge on any atom is 0.260 e. The van der Waals surface area contributed by atoms with Gasteiger partial charge in [0, 0.05) is 37.8 Å². The minimum absolute atomic E-state index is 0.101. The van der Waals surface area contributed by atoms with Gasteiger partial charge in [0.2, 0.25) is 6.79 Å². The molecule has 1 saturated heterocycles. The van der Waals surface area contributed by atoms with Crippen LogP contribution in [-0.4, -0.2) is 69.1 Å². The van der Waals surface area contributed by atoms with Crippen LogP contribution in [0.25, 0.3) is 10.2 Å². The van der Waals surface area contributed by atoms with Crippen LogP contribution in [0.4, 0.5) is 5.13 Å². The molecule has 1 amide bonds. The molecule has 2 aromatic carbocycles. The average Bonchev–Trinajstić information content (AvgIpc) is 3.47. The van der Waals surface area contributed by atoms with Gasteiger partial charge in [0.15, 0.2) is 16.6 Å². The van der Waals surface area contributed by atoms with Gasteiger partial charge in [0.25, 0.3) is 5.91 Å². The minimum Gasteiger partial charge on any atom is -0.497 e. The van der Waals surface area contributed by atoms with Crippen molar-refractivity contribution >= 4 is 32.6 Å². The van der Waals surface area contributed by atoms with E-state index in [4.69, 9.17) is 23.9 Å². The van der Waals surface area contributed by atoms with Crippen LogP contribution in [0.1, 0.15) is 16.8 Å². The Hall–Kier alpha value is -2.88. The van der Waals surface area contributed by atoms with Crippen molar-refractivity contribution in [1.82, 2.24) is 9.88 Å². The molecule has 0 unspecified atom stereocenters. The number of carbonyl (C=O) groups excluding carboxylic acids is 1. The van der Waals surface area contributed by atoms with Crippen LogP contribution in [-0.2, 0) is 4.74 Å². The number of ether oxygens (including phenoxy) is 4. The van der Waals surface area contributed by atoms with Crippen LogP contribution >= 0.6 is 11.3 Å². The van der Waals surface area contributed by atoms with Crippen molar-refractivity contribution in [3.05, 3.63) is 42.0 Å². The number of nitrogens with zero attached hydrogens (tertiary/aromatic N) is 3. The zero-order chi connectivity index (χ0) is 21.9. The second-order valence-electron chi connectivity index (χ2n) is 7.66. The van der Waals surface area contributed by atoms with Crippen molar-refractivity contribution in [2.75, 3.05) is 58.2 Å². The molecule has 5 rings (SSSR count). The van der Waals surface area contributed by atoms with E-state index in [1.807, 2.05) is 18.2 Å². The molecule has 0 atom stereocenters. The molecule has 9 heteroatoms. The lowest BCUT2D eigenvalue weighted by molar-refractivity contribution is 0.0376. The molecule has 1 aromatic heterocycles. The lowest BCUT2D eigenvalue weighted by Crippen LogP contribution is -2.39.